The van der Waals surface area contributed by atoms with Gasteiger partial charge in [0.2, 0.25) is 0 Å². The van der Waals surface area contributed by atoms with Gasteiger partial charge in [0.05, 0.1) is 11.1 Å². The summed E-state index contributed by atoms with van der Waals surface area (Å²) in [5, 5.41) is 1.20. The van der Waals surface area contributed by atoms with Crippen molar-refractivity contribution in [3.8, 4) is 0 Å². The monoisotopic (exact) mass is 319 g/mol. The minimum atomic E-state index is 0.587. The van der Waals surface area contributed by atoms with E-state index in [-0.39, 0.29) is 0 Å². The van der Waals surface area contributed by atoms with Crippen LogP contribution in [0.15, 0.2) is 10.7 Å². The minimum absolute atomic E-state index is 0.587. The molecule has 0 saturated heterocycles. The fraction of sp³-hybridized carbons (Fsp3) is 0.600. The highest BCUT2D eigenvalue weighted by Gasteiger charge is 2.28. The number of aromatic nitrogens is 3. The predicted octanol–water partition coefficient (Wildman–Crippen LogP) is 4.49. The van der Waals surface area contributed by atoms with Crippen LogP contribution >= 0.6 is 15.9 Å². The quantitative estimate of drug-likeness (QED) is 0.816. The molecular formula is C15H18BrN3. The average molecular weight is 320 g/mol. The molecule has 4 heteroatoms. The van der Waals surface area contributed by atoms with Crippen LogP contribution in [-0.2, 0) is 0 Å². The van der Waals surface area contributed by atoms with Gasteiger partial charge in [-0.3, -0.25) is 0 Å². The predicted molar refractivity (Wildman–Crippen MR) is 79.4 cm³/mol. The first kappa shape index (κ1) is 11.9. The topological polar surface area (TPSA) is 30.7 Å². The lowest BCUT2D eigenvalue weighted by molar-refractivity contribution is 0.662. The van der Waals surface area contributed by atoms with Crippen molar-refractivity contribution < 1.29 is 0 Å². The summed E-state index contributed by atoms with van der Waals surface area (Å²) in [5.74, 6) is 1.67. The number of hydrogen-bond donors (Lipinski definition) is 0. The molecule has 2 aromatic rings. The van der Waals surface area contributed by atoms with Crippen LogP contribution < -0.4 is 0 Å². The van der Waals surface area contributed by atoms with Gasteiger partial charge in [-0.25, -0.2) is 9.97 Å². The highest BCUT2D eigenvalue weighted by Crippen LogP contribution is 2.41. The summed E-state index contributed by atoms with van der Waals surface area (Å²) in [6.07, 6.45) is 9.96. The third kappa shape index (κ3) is 1.92. The molecule has 0 aromatic carbocycles. The Morgan fingerprint density at radius 2 is 1.89 bits per heavy atom. The lowest BCUT2D eigenvalue weighted by atomic mass is 10.1. The van der Waals surface area contributed by atoms with Crippen LogP contribution in [0.25, 0.3) is 11.0 Å². The number of hydrogen-bond acceptors (Lipinski definition) is 2. The van der Waals surface area contributed by atoms with Gasteiger partial charge < -0.3 is 4.57 Å². The van der Waals surface area contributed by atoms with Crippen LogP contribution in [0.1, 0.15) is 62.0 Å². The van der Waals surface area contributed by atoms with Crippen molar-refractivity contribution in [2.24, 2.45) is 0 Å². The minimum Gasteiger partial charge on any atom is -0.328 e. The summed E-state index contributed by atoms with van der Waals surface area (Å²) in [6, 6.07) is 0.666. The first-order valence-electron chi connectivity index (χ1n) is 7.28. The van der Waals surface area contributed by atoms with Gasteiger partial charge >= 0.3 is 0 Å². The number of aryl methyl sites for hydroxylation is 1. The second-order valence-electron chi connectivity index (χ2n) is 5.96. The second-order valence-corrected chi connectivity index (χ2v) is 6.82. The highest BCUT2D eigenvalue weighted by molar-refractivity contribution is 9.10. The van der Waals surface area contributed by atoms with Gasteiger partial charge in [-0.15, -0.1) is 0 Å². The van der Waals surface area contributed by atoms with E-state index >= 15 is 0 Å². The number of nitrogens with zero attached hydrogens (tertiary/aromatic N) is 3. The Kier molecular flexibility index (Phi) is 2.69. The molecule has 2 aliphatic rings. The summed E-state index contributed by atoms with van der Waals surface area (Å²) in [4.78, 5) is 9.70. The smallest absolute Gasteiger partial charge is 0.145 e. The molecule has 4 rings (SSSR count). The van der Waals surface area contributed by atoms with Gasteiger partial charge in [-0.2, -0.15) is 0 Å². The standard InChI is InChI=1S/C15H18BrN3/c1-9-13-12(16)8-19(11-6-7-11)15(13)18-14(17-9)10-4-2-3-5-10/h8,10-11H,2-7H2,1H3. The maximum atomic E-state index is 4.92. The Hall–Kier alpha value is -0.900. The summed E-state index contributed by atoms with van der Waals surface area (Å²) < 4.78 is 3.50. The average Bonchev–Trinajstić information content (AvgIpc) is 2.97. The summed E-state index contributed by atoms with van der Waals surface area (Å²) in [7, 11) is 0. The van der Waals surface area contributed by atoms with Crippen molar-refractivity contribution >= 4 is 27.0 Å². The third-order valence-corrected chi connectivity index (χ3v) is 5.09. The zero-order chi connectivity index (χ0) is 13.0. The lowest BCUT2D eigenvalue weighted by Crippen LogP contribution is -2.04. The molecule has 19 heavy (non-hydrogen) atoms. The molecule has 2 fully saturated rings. The first-order valence-corrected chi connectivity index (χ1v) is 8.08. The number of rotatable bonds is 2. The van der Waals surface area contributed by atoms with Gasteiger partial charge in [0.1, 0.15) is 11.5 Å². The Labute approximate surface area is 121 Å². The van der Waals surface area contributed by atoms with E-state index in [1.54, 1.807) is 0 Å². The van der Waals surface area contributed by atoms with E-state index in [2.05, 4.69) is 33.6 Å². The van der Waals surface area contributed by atoms with Crippen molar-refractivity contribution in [2.75, 3.05) is 0 Å². The zero-order valence-corrected chi connectivity index (χ0v) is 12.8. The first-order chi connectivity index (χ1) is 9.24. The molecule has 0 atom stereocenters. The fourth-order valence-corrected chi connectivity index (χ4v) is 3.98. The molecule has 2 heterocycles. The molecule has 0 amide bonds. The van der Waals surface area contributed by atoms with Crippen LogP contribution in [-0.4, -0.2) is 14.5 Å². The zero-order valence-electron chi connectivity index (χ0n) is 11.2. The van der Waals surface area contributed by atoms with Gasteiger partial charge in [-0.05, 0) is 48.5 Å². The van der Waals surface area contributed by atoms with Gasteiger partial charge in [0.25, 0.3) is 0 Å². The van der Waals surface area contributed by atoms with E-state index in [1.165, 1.54) is 43.9 Å². The Morgan fingerprint density at radius 3 is 2.58 bits per heavy atom. The van der Waals surface area contributed by atoms with Gasteiger partial charge in [-0.1, -0.05) is 12.8 Å². The van der Waals surface area contributed by atoms with Crippen LogP contribution in [0.4, 0.5) is 0 Å². The van der Waals surface area contributed by atoms with E-state index in [4.69, 9.17) is 9.97 Å². The Balaban J connectivity index is 1.90. The maximum Gasteiger partial charge on any atom is 0.145 e. The van der Waals surface area contributed by atoms with Crippen LogP contribution in [0, 0.1) is 6.92 Å². The van der Waals surface area contributed by atoms with Crippen molar-refractivity contribution in [1.29, 1.82) is 0 Å². The van der Waals surface area contributed by atoms with Gasteiger partial charge in [0.15, 0.2) is 0 Å². The molecule has 2 saturated carbocycles. The second kappa shape index (κ2) is 4.30. The SMILES string of the molecule is Cc1nc(C2CCCC2)nc2c1c(Br)cn2C1CC1. The van der Waals surface area contributed by atoms with E-state index < -0.39 is 0 Å². The molecular weight excluding hydrogens is 302 g/mol. The van der Waals surface area contributed by atoms with Crippen LogP contribution in [0.2, 0.25) is 0 Å². The Morgan fingerprint density at radius 1 is 1.16 bits per heavy atom. The van der Waals surface area contributed by atoms with E-state index in [9.17, 15) is 0 Å². The lowest BCUT2D eigenvalue weighted by Gasteiger charge is -2.10. The molecule has 0 bridgehead atoms. The Bertz CT molecular complexity index is 636. The molecule has 2 aliphatic carbocycles. The van der Waals surface area contributed by atoms with E-state index in [1.807, 2.05) is 0 Å². The number of fused-ring (bicyclic) bond motifs is 1. The number of halogens is 1. The molecule has 0 spiro atoms. The molecule has 0 unspecified atom stereocenters. The molecule has 0 aliphatic heterocycles. The summed E-state index contributed by atoms with van der Waals surface area (Å²) in [5.41, 5.74) is 2.27. The normalized spacial score (nSPS) is 20.5. The maximum absolute atomic E-state index is 4.92. The molecule has 0 radical (unpaired) electrons. The molecule has 100 valence electrons. The summed E-state index contributed by atoms with van der Waals surface area (Å²) >= 11 is 3.67. The van der Waals surface area contributed by atoms with Gasteiger partial charge in [0, 0.05) is 22.6 Å². The molecule has 2 aromatic heterocycles. The fourth-order valence-electron chi connectivity index (χ4n) is 3.29. The van der Waals surface area contributed by atoms with Crippen molar-refractivity contribution in [1.82, 2.24) is 14.5 Å². The summed E-state index contributed by atoms with van der Waals surface area (Å²) in [6.45, 7) is 2.12. The van der Waals surface area contributed by atoms with Crippen molar-refractivity contribution in [2.45, 2.75) is 57.4 Å². The van der Waals surface area contributed by atoms with Crippen LogP contribution in [0.3, 0.4) is 0 Å². The van der Waals surface area contributed by atoms with Crippen molar-refractivity contribution in [3.63, 3.8) is 0 Å². The molecule has 0 N–H and O–H groups in total. The largest absolute Gasteiger partial charge is 0.328 e. The van der Waals surface area contributed by atoms with E-state index in [0.717, 1.165) is 21.6 Å². The molecule has 3 nitrogen and oxygen atoms in total. The van der Waals surface area contributed by atoms with Crippen LogP contribution in [0.5, 0.6) is 0 Å². The van der Waals surface area contributed by atoms with Crippen molar-refractivity contribution in [3.05, 3.63) is 22.2 Å². The third-order valence-electron chi connectivity index (χ3n) is 4.48. The van der Waals surface area contributed by atoms with E-state index in [0.29, 0.717) is 12.0 Å². The highest BCUT2D eigenvalue weighted by atomic mass is 79.9.